The van der Waals surface area contributed by atoms with Gasteiger partial charge in [-0.15, -0.1) is 0 Å². The van der Waals surface area contributed by atoms with Gasteiger partial charge in [0.15, 0.2) is 5.58 Å². The molecule has 0 amide bonds. The fourth-order valence-electron chi connectivity index (χ4n) is 3.09. The van der Waals surface area contributed by atoms with Crippen LogP contribution in [0.3, 0.4) is 0 Å². The lowest BCUT2D eigenvalue weighted by atomic mass is 9.96. The van der Waals surface area contributed by atoms with E-state index < -0.39 is 21.1 Å². The summed E-state index contributed by atoms with van der Waals surface area (Å²) in [7, 11) is -2.81. The standard InChI is InChI=1S/C22H18FN3O3S/c1-22(2,27)16-6-4-5-15(19(16)23)20-21-17(25-12-26-20)11-18(29-21)13-7-9-14(10-8-13)30(3,24)28/h5,7-12,24,27H,1-3H3/t30-/m0/s1. The van der Waals surface area contributed by atoms with Crippen LogP contribution in [0, 0.1) is 22.7 Å². The Bertz CT molecular complexity index is 1350. The van der Waals surface area contributed by atoms with E-state index in [2.05, 4.69) is 22.1 Å². The first-order valence-corrected chi connectivity index (χ1v) is 11.0. The van der Waals surface area contributed by atoms with Crippen LogP contribution in [0.25, 0.3) is 33.7 Å². The molecule has 152 valence electrons. The molecule has 2 aromatic carbocycles. The molecule has 2 N–H and O–H groups in total. The maximum atomic E-state index is 15.1. The number of hydrogen-bond donors (Lipinski definition) is 2. The Kier molecular flexibility index (Phi) is 4.60. The number of fused-ring (bicyclic) bond motifs is 1. The van der Waals surface area contributed by atoms with E-state index in [-0.39, 0.29) is 22.4 Å². The zero-order valence-corrected chi connectivity index (χ0v) is 17.3. The minimum Gasteiger partial charge on any atom is -0.452 e. The molecule has 0 spiro atoms. The molecular weight excluding hydrogens is 405 g/mol. The van der Waals surface area contributed by atoms with E-state index in [0.29, 0.717) is 21.7 Å². The maximum Gasteiger partial charge on any atom is 0.179 e. The van der Waals surface area contributed by atoms with Crippen LogP contribution in [-0.2, 0) is 15.3 Å². The van der Waals surface area contributed by atoms with Crippen molar-refractivity contribution in [3.63, 3.8) is 0 Å². The van der Waals surface area contributed by atoms with Crippen molar-refractivity contribution in [2.45, 2.75) is 24.3 Å². The quantitative estimate of drug-likeness (QED) is 0.501. The molecule has 0 saturated heterocycles. The Labute approximate surface area is 173 Å². The largest absolute Gasteiger partial charge is 0.452 e. The average molecular weight is 423 g/mol. The van der Waals surface area contributed by atoms with Gasteiger partial charge in [-0.3, -0.25) is 0 Å². The van der Waals surface area contributed by atoms with Crippen molar-refractivity contribution >= 4 is 20.8 Å². The molecule has 1 atom stereocenters. The minimum atomic E-state index is -2.81. The first-order chi connectivity index (χ1) is 14.1. The summed E-state index contributed by atoms with van der Waals surface area (Å²) in [5.41, 5.74) is 0.361. The van der Waals surface area contributed by atoms with E-state index in [1.54, 1.807) is 30.3 Å². The van der Waals surface area contributed by atoms with E-state index in [0.717, 1.165) is 0 Å². The van der Waals surface area contributed by atoms with Gasteiger partial charge in [-0.05, 0) is 26.0 Å². The molecule has 0 aliphatic rings. The highest BCUT2D eigenvalue weighted by atomic mass is 32.2. The van der Waals surface area contributed by atoms with Crippen molar-refractivity contribution in [3.8, 4) is 22.6 Å². The van der Waals surface area contributed by atoms with Crippen molar-refractivity contribution in [2.24, 2.45) is 0 Å². The Morgan fingerprint density at radius 1 is 1.23 bits per heavy atom. The highest BCUT2D eigenvalue weighted by Crippen LogP contribution is 2.35. The van der Waals surface area contributed by atoms with E-state index >= 15 is 4.39 Å². The van der Waals surface area contributed by atoms with Crippen molar-refractivity contribution in [1.82, 2.24) is 9.97 Å². The molecule has 0 aliphatic carbocycles. The fraction of sp³-hybridized carbons (Fsp3) is 0.182. The normalized spacial score (nSPS) is 13.8. The number of hydrogen-bond acceptors (Lipinski definition) is 6. The third-order valence-electron chi connectivity index (χ3n) is 4.64. The molecule has 4 aromatic rings. The number of halogens is 1. The molecule has 0 radical (unpaired) electrons. The Hall–Kier alpha value is -3.28. The number of benzene rings is 1. The van der Waals surface area contributed by atoms with E-state index in [1.165, 1.54) is 32.5 Å². The lowest BCUT2D eigenvalue weighted by Gasteiger charge is -2.17. The second kappa shape index (κ2) is 6.90. The fourth-order valence-corrected chi connectivity index (χ4v) is 3.75. The molecule has 0 saturated carbocycles. The highest BCUT2D eigenvalue weighted by molar-refractivity contribution is 7.91. The van der Waals surface area contributed by atoms with E-state index in [1.807, 2.05) is 0 Å². The van der Waals surface area contributed by atoms with Crippen molar-refractivity contribution in [2.75, 3.05) is 6.26 Å². The smallest absolute Gasteiger partial charge is 0.179 e. The van der Waals surface area contributed by atoms with Gasteiger partial charge in [0.1, 0.15) is 29.1 Å². The third kappa shape index (κ3) is 3.54. The van der Waals surface area contributed by atoms with Gasteiger partial charge in [0, 0.05) is 34.4 Å². The maximum absolute atomic E-state index is 15.1. The summed E-state index contributed by atoms with van der Waals surface area (Å²) in [5.74, 6) is -0.183. The van der Waals surface area contributed by atoms with Crippen LogP contribution in [0.5, 0.6) is 0 Å². The average Bonchev–Trinajstić information content (AvgIpc) is 3.11. The number of aromatic nitrogens is 2. The van der Waals surface area contributed by atoms with Crippen LogP contribution in [0.1, 0.15) is 19.4 Å². The summed E-state index contributed by atoms with van der Waals surface area (Å²) >= 11 is 0. The zero-order chi connectivity index (χ0) is 21.7. The third-order valence-corrected chi connectivity index (χ3v) is 5.81. The Morgan fingerprint density at radius 3 is 2.57 bits per heavy atom. The van der Waals surface area contributed by atoms with Crippen LogP contribution < -0.4 is 0 Å². The minimum absolute atomic E-state index is 0.0207. The predicted octanol–water partition coefficient (Wildman–Crippen LogP) is 4.56. The number of nitrogens with zero attached hydrogens (tertiary/aromatic N) is 2. The molecule has 0 fully saturated rings. The molecule has 30 heavy (non-hydrogen) atoms. The highest BCUT2D eigenvalue weighted by Gasteiger charge is 2.25. The first kappa shape index (κ1) is 20.0. The second-order valence-corrected chi connectivity index (χ2v) is 9.65. The van der Waals surface area contributed by atoms with Crippen LogP contribution in [0.4, 0.5) is 4.39 Å². The first-order valence-electron chi connectivity index (χ1n) is 8.99. The number of rotatable bonds is 4. The summed E-state index contributed by atoms with van der Waals surface area (Å²) in [6, 6.07) is 15.1. The van der Waals surface area contributed by atoms with Gasteiger partial charge in [0.05, 0.1) is 20.9 Å². The zero-order valence-electron chi connectivity index (χ0n) is 16.5. The predicted molar refractivity (Wildman–Crippen MR) is 111 cm³/mol. The molecule has 0 unspecified atom stereocenters. The molecular formula is C22H18FN3O3S. The lowest BCUT2D eigenvalue weighted by Crippen LogP contribution is -2.17. The molecule has 6 nitrogen and oxygen atoms in total. The molecule has 8 heteroatoms. The summed E-state index contributed by atoms with van der Waals surface area (Å²) < 4.78 is 40.6. The second-order valence-electron chi connectivity index (χ2n) is 7.49. The molecule has 4 rings (SSSR count). The molecule has 2 heterocycles. The van der Waals surface area contributed by atoms with Crippen LogP contribution in [-0.4, -0.2) is 25.5 Å². The van der Waals surface area contributed by atoms with Crippen LogP contribution in [0.15, 0.2) is 52.0 Å². The van der Waals surface area contributed by atoms with Crippen molar-refractivity contribution in [3.05, 3.63) is 66.2 Å². The SMILES string of the molecule is CC(C)(O)c1c#ccc(-c2ncnc3cc(-c4ccc([S@@](C)(=N)=O)cc4)oc23)c1F. The molecule has 0 bridgehead atoms. The van der Waals surface area contributed by atoms with Crippen molar-refractivity contribution in [1.29, 1.82) is 4.78 Å². The van der Waals surface area contributed by atoms with Gasteiger partial charge in [-0.1, -0.05) is 24.3 Å². The van der Waals surface area contributed by atoms with Crippen molar-refractivity contribution < 1.29 is 18.1 Å². The van der Waals surface area contributed by atoms with E-state index in [4.69, 9.17) is 9.20 Å². The van der Waals surface area contributed by atoms with Gasteiger partial charge in [0.2, 0.25) is 0 Å². The lowest BCUT2D eigenvalue weighted by molar-refractivity contribution is 0.0747. The van der Waals surface area contributed by atoms with Gasteiger partial charge >= 0.3 is 0 Å². The van der Waals surface area contributed by atoms with Gasteiger partial charge in [-0.25, -0.2) is 23.3 Å². The summed E-state index contributed by atoms with van der Waals surface area (Å²) in [5, 5.41) is 10.2. The van der Waals surface area contributed by atoms with E-state index in [9.17, 15) is 9.32 Å². The summed E-state index contributed by atoms with van der Waals surface area (Å²) in [6.45, 7) is 2.93. The van der Waals surface area contributed by atoms with Crippen LogP contribution in [0.2, 0.25) is 0 Å². The van der Waals surface area contributed by atoms with Gasteiger partial charge in [-0.2, -0.15) is 0 Å². The topological polar surface area (TPSA) is 100 Å². The summed E-state index contributed by atoms with van der Waals surface area (Å²) in [6.07, 6.45) is 2.67. The summed E-state index contributed by atoms with van der Waals surface area (Å²) in [4.78, 5) is 8.81. The molecule has 0 aliphatic heterocycles. The Balaban J connectivity index is 1.85. The van der Waals surface area contributed by atoms with Gasteiger partial charge in [0.25, 0.3) is 0 Å². The monoisotopic (exact) mass is 423 g/mol. The Morgan fingerprint density at radius 2 is 1.93 bits per heavy atom. The number of nitrogens with one attached hydrogen (secondary N) is 1. The van der Waals surface area contributed by atoms with Crippen LogP contribution >= 0.6 is 0 Å². The molecule has 2 aromatic heterocycles. The number of furan rings is 1. The number of aliphatic hydroxyl groups is 1. The van der Waals surface area contributed by atoms with Gasteiger partial charge < -0.3 is 9.52 Å².